The predicted octanol–water partition coefficient (Wildman–Crippen LogP) is 2.47. The fourth-order valence-corrected chi connectivity index (χ4v) is 2.76. The normalized spacial score (nSPS) is 15.8. The van der Waals surface area contributed by atoms with E-state index >= 15 is 0 Å². The summed E-state index contributed by atoms with van der Waals surface area (Å²) in [6.07, 6.45) is 0. The standard InChI is InChI=1S/C12H18ClNO2S/c1-10(2)17(15,16)14-12(3,9-13)11-7-5-4-6-8-11/h4-8,10,14H,9H2,1-3H3. The summed E-state index contributed by atoms with van der Waals surface area (Å²) in [5.41, 5.74) is 0.0885. The van der Waals surface area contributed by atoms with Crippen molar-refractivity contribution < 1.29 is 8.42 Å². The minimum absolute atomic E-state index is 0.183. The molecule has 0 aliphatic heterocycles. The molecule has 0 amide bonds. The smallest absolute Gasteiger partial charge is 0.212 e. The van der Waals surface area contributed by atoms with Gasteiger partial charge >= 0.3 is 0 Å². The van der Waals surface area contributed by atoms with Crippen LogP contribution in [0.25, 0.3) is 0 Å². The van der Waals surface area contributed by atoms with Crippen LogP contribution >= 0.6 is 11.6 Å². The van der Waals surface area contributed by atoms with Gasteiger partial charge in [0, 0.05) is 5.88 Å². The molecule has 0 radical (unpaired) electrons. The van der Waals surface area contributed by atoms with Gasteiger partial charge in [0.1, 0.15) is 0 Å². The SMILES string of the molecule is CC(C)S(=O)(=O)NC(C)(CCl)c1ccccc1. The van der Waals surface area contributed by atoms with Crippen molar-refractivity contribution in [3.63, 3.8) is 0 Å². The lowest BCUT2D eigenvalue weighted by Crippen LogP contribution is -2.47. The molecule has 1 unspecified atom stereocenters. The number of halogens is 1. The molecular formula is C12H18ClNO2S. The molecule has 0 saturated carbocycles. The Morgan fingerprint density at radius 2 is 1.82 bits per heavy atom. The van der Waals surface area contributed by atoms with Crippen LogP contribution < -0.4 is 4.72 Å². The van der Waals surface area contributed by atoms with Crippen molar-refractivity contribution in [3.8, 4) is 0 Å². The van der Waals surface area contributed by atoms with Crippen molar-refractivity contribution in [2.75, 3.05) is 5.88 Å². The van der Waals surface area contributed by atoms with Gasteiger partial charge in [-0.3, -0.25) is 0 Å². The van der Waals surface area contributed by atoms with Crippen molar-refractivity contribution >= 4 is 21.6 Å². The lowest BCUT2D eigenvalue weighted by Gasteiger charge is -2.29. The minimum Gasteiger partial charge on any atom is -0.212 e. The monoisotopic (exact) mass is 275 g/mol. The van der Waals surface area contributed by atoms with Gasteiger partial charge < -0.3 is 0 Å². The fraction of sp³-hybridized carbons (Fsp3) is 0.500. The minimum atomic E-state index is -3.35. The molecule has 0 aliphatic carbocycles. The van der Waals surface area contributed by atoms with Crippen LogP contribution in [0.15, 0.2) is 30.3 Å². The van der Waals surface area contributed by atoms with Gasteiger partial charge in [0.15, 0.2) is 0 Å². The van der Waals surface area contributed by atoms with Gasteiger partial charge in [-0.05, 0) is 26.3 Å². The van der Waals surface area contributed by atoms with Crippen LogP contribution in [0, 0.1) is 0 Å². The first kappa shape index (κ1) is 14.5. The third-order valence-electron chi connectivity index (χ3n) is 2.67. The number of benzene rings is 1. The van der Waals surface area contributed by atoms with Crippen LogP contribution in [0.5, 0.6) is 0 Å². The number of hydrogen-bond acceptors (Lipinski definition) is 2. The van der Waals surface area contributed by atoms with E-state index in [2.05, 4.69) is 4.72 Å². The zero-order chi connectivity index (χ0) is 13.1. The second-order valence-corrected chi connectivity index (χ2v) is 7.03. The second kappa shape index (κ2) is 5.38. The summed E-state index contributed by atoms with van der Waals surface area (Å²) in [5.74, 6) is 0.183. The molecule has 0 saturated heterocycles. The summed E-state index contributed by atoms with van der Waals surface area (Å²) in [6, 6.07) is 9.35. The molecule has 1 atom stereocenters. The van der Waals surface area contributed by atoms with E-state index in [-0.39, 0.29) is 5.88 Å². The van der Waals surface area contributed by atoms with Gasteiger partial charge in [-0.1, -0.05) is 30.3 Å². The van der Waals surface area contributed by atoms with Crippen LogP contribution in [-0.4, -0.2) is 19.5 Å². The lowest BCUT2D eigenvalue weighted by atomic mass is 9.96. The molecule has 1 N–H and O–H groups in total. The molecule has 1 aromatic carbocycles. The maximum absolute atomic E-state index is 11.9. The van der Waals surface area contributed by atoms with Crippen molar-refractivity contribution in [2.45, 2.75) is 31.6 Å². The molecule has 0 heterocycles. The number of hydrogen-bond donors (Lipinski definition) is 1. The summed E-state index contributed by atoms with van der Waals surface area (Å²) in [4.78, 5) is 0. The summed E-state index contributed by atoms with van der Waals surface area (Å²) in [5, 5.41) is -0.478. The molecule has 0 fully saturated rings. The molecule has 0 spiro atoms. The topological polar surface area (TPSA) is 46.2 Å². The molecule has 0 aliphatic rings. The first-order valence-electron chi connectivity index (χ1n) is 5.46. The van der Waals surface area contributed by atoms with E-state index < -0.39 is 20.8 Å². The van der Waals surface area contributed by atoms with Gasteiger partial charge in [0.05, 0.1) is 10.8 Å². The highest BCUT2D eigenvalue weighted by atomic mass is 35.5. The van der Waals surface area contributed by atoms with Gasteiger partial charge in [-0.2, -0.15) is 0 Å². The Morgan fingerprint density at radius 3 is 2.24 bits per heavy atom. The average Bonchev–Trinajstić information content (AvgIpc) is 2.29. The van der Waals surface area contributed by atoms with E-state index in [9.17, 15) is 8.42 Å². The molecule has 0 bridgehead atoms. The molecule has 3 nitrogen and oxygen atoms in total. The van der Waals surface area contributed by atoms with E-state index in [0.29, 0.717) is 0 Å². The van der Waals surface area contributed by atoms with E-state index in [1.165, 1.54) is 0 Å². The van der Waals surface area contributed by atoms with Gasteiger partial charge in [0.25, 0.3) is 0 Å². The van der Waals surface area contributed by atoms with Crippen molar-refractivity contribution in [3.05, 3.63) is 35.9 Å². The van der Waals surface area contributed by atoms with Crippen LogP contribution in [0.2, 0.25) is 0 Å². The highest BCUT2D eigenvalue weighted by Crippen LogP contribution is 2.23. The first-order valence-corrected chi connectivity index (χ1v) is 7.54. The largest absolute Gasteiger partial charge is 0.214 e. The van der Waals surface area contributed by atoms with E-state index in [1.54, 1.807) is 20.8 Å². The second-order valence-electron chi connectivity index (χ2n) is 4.53. The van der Waals surface area contributed by atoms with E-state index in [1.807, 2.05) is 30.3 Å². The first-order chi connectivity index (χ1) is 7.82. The summed E-state index contributed by atoms with van der Waals surface area (Å²) in [7, 11) is -3.35. The zero-order valence-electron chi connectivity index (χ0n) is 10.3. The molecule has 1 aromatic rings. The average molecular weight is 276 g/mol. The van der Waals surface area contributed by atoms with E-state index in [0.717, 1.165) is 5.56 Å². The van der Waals surface area contributed by atoms with Crippen molar-refractivity contribution in [2.24, 2.45) is 0 Å². The molecule has 0 aromatic heterocycles. The van der Waals surface area contributed by atoms with Crippen LogP contribution in [-0.2, 0) is 15.6 Å². The predicted molar refractivity (Wildman–Crippen MR) is 71.7 cm³/mol. The molecule has 5 heteroatoms. The van der Waals surface area contributed by atoms with Crippen LogP contribution in [0.1, 0.15) is 26.3 Å². The third-order valence-corrected chi connectivity index (χ3v) is 5.18. The van der Waals surface area contributed by atoms with Gasteiger partial charge in [-0.25, -0.2) is 13.1 Å². The molecule has 96 valence electrons. The maximum Gasteiger partial charge on any atom is 0.214 e. The zero-order valence-corrected chi connectivity index (χ0v) is 11.8. The Bertz CT molecular complexity index is 459. The number of sulfonamides is 1. The molecular weight excluding hydrogens is 258 g/mol. The number of nitrogens with one attached hydrogen (secondary N) is 1. The highest BCUT2D eigenvalue weighted by Gasteiger charge is 2.32. The Hall–Kier alpha value is -0.580. The number of alkyl halides is 1. The molecule has 17 heavy (non-hydrogen) atoms. The Kier molecular flexibility index (Phi) is 4.58. The quantitative estimate of drug-likeness (QED) is 0.839. The highest BCUT2D eigenvalue weighted by molar-refractivity contribution is 7.90. The van der Waals surface area contributed by atoms with Crippen LogP contribution in [0.4, 0.5) is 0 Å². The Balaban J connectivity index is 3.07. The Labute approximate surface area is 108 Å². The third kappa shape index (κ3) is 3.44. The van der Waals surface area contributed by atoms with Crippen molar-refractivity contribution in [1.29, 1.82) is 0 Å². The van der Waals surface area contributed by atoms with E-state index in [4.69, 9.17) is 11.6 Å². The van der Waals surface area contributed by atoms with Gasteiger partial charge in [0.2, 0.25) is 10.0 Å². The number of rotatable bonds is 5. The van der Waals surface area contributed by atoms with Crippen molar-refractivity contribution in [1.82, 2.24) is 4.72 Å². The van der Waals surface area contributed by atoms with Crippen LogP contribution in [0.3, 0.4) is 0 Å². The summed E-state index contributed by atoms with van der Waals surface area (Å²) in [6.45, 7) is 5.07. The maximum atomic E-state index is 11.9. The summed E-state index contributed by atoms with van der Waals surface area (Å²) < 4.78 is 26.5. The Morgan fingerprint density at radius 1 is 1.29 bits per heavy atom. The molecule has 1 rings (SSSR count). The van der Waals surface area contributed by atoms with Gasteiger partial charge in [-0.15, -0.1) is 11.6 Å². The lowest BCUT2D eigenvalue weighted by molar-refractivity contribution is 0.473. The fourth-order valence-electron chi connectivity index (χ4n) is 1.40. The summed E-state index contributed by atoms with van der Waals surface area (Å²) >= 11 is 5.93.